The van der Waals surface area contributed by atoms with Crippen molar-refractivity contribution in [2.45, 2.75) is 19.9 Å². The van der Waals surface area contributed by atoms with Crippen LogP contribution in [0.1, 0.15) is 24.5 Å². The van der Waals surface area contributed by atoms with Crippen LogP contribution in [0.5, 0.6) is 5.75 Å². The second-order valence-electron chi connectivity index (χ2n) is 4.99. The molecule has 1 fully saturated rings. The first-order chi connectivity index (χ1) is 9.13. The number of hydrogen-bond acceptors (Lipinski definition) is 4. The standard InChI is InChI=1S/C15H18N2O2/c1-11-9-17(6-5-14(11)18)10-13-7-12(8-16)3-4-15(13)19-2/h3-4,7,11H,5-6,9-10H2,1-2H3. The predicted molar refractivity (Wildman–Crippen MR) is 71.8 cm³/mol. The van der Waals surface area contributed by atoms with Crippen LogP contribution >= 0.6 is 0 Å². The average molecular weight is 258 g/mol. The Bertz CT molecular complexity index is 519. The van der Waals surface area contributed by atoms with Crippen LogP contribution in [-0.4, -0.2) is 30.9 Å². The molecule has 4 nitrogen and oxygen atoms in total. The van der Waals surface area contributed by atoms with E-state index in [2.05, 4.69) is 11.0 Å². The molecule has 0 aromatic heterocycles. The van der Waals surface area contributed by atoms with Crippen LogP contribution in [0.4, 0.5) is 0 Å². The zero-order valence-electron chi connectivity index (χ0n) is 11.3. The van der Waals surface area contributed by atoms with Crippen LogP contribution in [0.15, 0.2) is 18.2 Å². The minimum Gasteiger partial charge on any atom is -0.496 e. The molecule has 1 unspecified atom stereocenters. The third kappa shape index (κ3) is 3.12. The van der Waals surface area contributed by atoms with Gasteiger partial charge in [0.25, 0.3) is 0 Å². The highest BCUT2D eigenvalue weighted by atomic mass is 16.5. The van der Waals surface area contributed by atoms with E-state index in [1.165, 1.54) is 0 Å². The van der Waals surface area contributed by atoms with Crippen LogP contribution in [0.2, 0.25) is 0 Å². The Hall–Kier alpha value is -1.86. The number of Topliss-reactive ketones (excluding diaryl/α,β-unsaturated/α-hetero) is 1. The van der Waals surface area contributed by atoms with E-state index >= 15 is 0 Å². The fourth-order valence-corrected chi connectivity index (χ4v) is 2.45. The number of carbonyl (C=O) groups excluding carboxylic acids is 1. The van der Waals surface area contributed by atoms with Crippen molar-refractivity contribution in [2.75, 3.05) is 20.2 Å². The van der Waals surface area contributed by atoms with Gasteiger partial charge in [-0.05, 0) is 18.2 Å². The molecule has 0 bridgehead atoms. The van der Waals surface area contributed by atoms with Gasteiger partial charge in [-0.3, -0.25) is 9.69 Å². The maximum atomic E-state index is 11.5. The van der Waals surface area contributed by atoms with Crippen LogP contribution in [0.25, 0.3) is 0 Å². The number of ether oxygens (including phenoxy) is 1. The minimum atomic E-state index is 0.0962. The van der Waals surface area contributed by atoms with Crippen molar-refractivity contribution < 1.29 is 9.53 Å². The molecule has 1 saturated heterocycles. The molecule has 1 heterocycles. The predicted octanol–water partition coefficient (Wildman–Crippen LogP) is 1.98. The number of nitrogens with zero attached hydrogens (tertiary/aromatic N) is 2. The van der Waals surface area contributed by atoms with Crippen molar-refractivity contribution in [3.05, 3.63) is 29.3 Å². The lowest BCUT2D eigenvalue weighted by Gasteiger charge is -2.30. The molecular weight excluding hydrogens is 240 g/mol. The molecule has 19 heavy (non-hydrogen) atoms. The van der Waals surface area contributed by atoms with E-state index < -0.39 is 0 Å². The number of nitriles is 1. The maximum absolute atomic E-state index is 11.5. The third-order valence-corrected chi connectivity index (χ3v) is 3.56. The lowest BCUT2D eigenvalue weighted by Crippen LogP contribution is -2.39. The normalized spacial score (nSPS) is 20.1. The fourth-order valence-electron chi connectivity index (χ4n) is 2.45. The van der Waals surface area contributed by atoms with E-state index in [0.717, 1.165) is 30.9 Å². The number of hydrogen-bond donors (Lipinski definition) is 0. The first-order valence-electron chi connectivity index (χ1n) is 6.46. The zero-order chi connectivity index (χ0) is 13.8. The SMILES string of the molecule is COc1ccc(C#N)cc1CN1CCC(=O)C(C)C1. The van der Waals surface area contributed by atoms with Gasteiger partial charge >= 0.3 is 0 Å². The van der Waals surface area contributed by atoms with Crippen LogP contribution in [-0.2, 0) is 11.3 Å². The molecule has 1 aromatic carbocycles. The number of benzene rings is 1. The van der Waals surface area contributed by atoms with Gasteiger partial charge in [-0.25, -0.2) is 0 Å². The lowest BCUT2D eigenvalue weighted by molar-refractivity contribution is -0.125. The summed E-state index contributed by atoms with van der Waals surface area (Å²) in [6, 6.07) is 7.59. The van der Waals surface area contributed by atoms with E-state index in [1.807, 2.05) is 19.1 Å². The maximum Gasteiger partial charge on any atom is 0.138 e. The highest BCUT2D eigenvalue weighted by Crippen LogP contribution is 2.23. The van der Waals surface area contributed by atoms with Crippen LogP contribution in [0.3, 0.4) is 0 Å². The number of likely N-dealkylation sites (tertiary alicyclic amines) is 1. The monoisotopic (exact) mass is 258 g/mol. The van der Waals surface area contributed by atoms with Gasteiger partial charge in [0.2, 0.25) is 0 Å². The molecule has 0 N–H and O–H groups in total. The Morgan fingerprint density at radius 1 is 1.53 bits per heavy atom. The smallest absolute Gasteiger partial charge is 0.138 e. The highest BCUT2D eigenvalue weighted by molar-refractivity contribution is 5.81. The summed E-state index contributed by atoms with van der Waals surface area (Å²) in [7, 11) is 1.63. The quantitative estimate of drug-likeness (QED) is 0.832. The number of rotatable bonds is 3. The van der Waals surface area contributed by atoms with E-state index in [-0.39, 0.29) is 5.92 Å². The van der Waals surface area contributed by atoms with Crippen molar-refractivity contribution >= 4 is 5.78 Å². The average Bonchev–Trinajstić information content (AvgIpc) is 2.43. The van der Waals surface area contributed by atoms with Crippen molar-refractivity contribution in [3.63, 3.8) is 0 Å². The Labute approximate surface area is 113 Å². The second-order valence-corrected chi connectivity index (χ2v) is 4.99. The molecule has 0 aliphatic carbocycles. The van der Waals surface area contributed by atoms with Gasteiger partial charge in [-0.1, -0.05) is 6.92 Å². The number of ketones is 1. The molecule has 4 heteroatoms. The molecule has 1 aliphatic heterocycles. The van der Waals surface area contributed by atoms with E-state index in [4.69, 9.17) is 10.00 Å². The summed E-state index contributed by atoms with van der Waals surface area (Å²) in [5.41, 5.74) is 1.64. The van der Waals surface area contributed by atoms with E-state index in [9.17, 15) is 4.79 Å². The highest BCUT2D eigenvalue weighted by Gasteiger charge is 2.24. The van der Waals surface area contributed by atoms with Crippen LogP contribution in [0, 0.1) is 17.2 Å². The Morgan fingerprint density at radius 3 is 2.95 bits per heavy atom. The molecule has 1 aliphatic rings. The molecule has 2 rings (SSSR count). The van der Waals surface area contributed by atoms with E-state index in [0.29, 0.717) is 17.8 Å². The Morgan fingerprint density at radius 2 is 2.32 bits per heavy atom. The van der Waals surface area contributed by atoms with Gasteiger partial charge in [0.15, 0.2) is 0 Å². The lowest BCUT2D eigenvalue weighted by atomic mass is 9.98. The summed E-state index contributed by atoms with van der Waals surface area (Å²) in [5, 5.41) is 8.96. The Kier molecular flexibility index (Phi) is 4.18. The third-order valence-electron chi connectivity index (χ3n) is 3.56. The van der Waals surface area contributed by atoms with Crippen molar-refractivity contribution in [1.82, 2.24) is 4.90 Å². The second kappa shape index (κ2) is 5.85. The first kappa shape index (κ1) is 13.6. The largest absolute Gasteiger partial charge is 0.496 e. The van der Waals surface area contributed by atoms with Gasteiger partial charge in [-0.2, -0.15) is 5.26 Å². The van der Waals surface area contributed by atoms with Crippen molar-refractivity contribution in [2.24, 2.45) is 5.92 Å². The molecule has 1 aromatic rings. The summed E-state index contributed by atoms with van der Waals surface area (Å²) in [6.07, 6.45) is 0.613. The first-order valence-corrected chi connectivity index (χ1v) is 6.46. The minimum absolute atomic E-state index is 0.0962. The Balaban J connectivity index is 2.14. The zero-order valence-corrected chi connectivity index (χ0v) is 11.3. The number of piperidine rings is 1. The molecule has 0 saturated carbocycles. The summed E-state index contributed by atoms with van der Waals surface area (Å²) in [4.78, 5) is 13.8. The molecule has 0 amide bonds. The summed E-state index contributed by atoms with van der Waals surface area (Å²) >= 11 is 0. The van der Waals surface area contributed by atoms with Crippen LogP contribution < -0.4 is 4.74 Å². The van der Waals surface area contributed by atoms with Gasteiger partial charge in [-0.15, -0.1) is 0 Å². The summed E-state index contributed by atoms with van der Waals surface area (Å²) < 4.78 is 5.33. The molecular formula is C15H18N2O2. The van der Waals surface area contributed by atoms with E-state index in [1.54, 1.807) is 13.2 Å². The van der Waals surface area contributed by atoms with Gasteiger partial charge < -0.3 is 4.74 Å². The van der Waals surface area contributed by atoms with Gasteiger partial charge in [0.05, 0.1) is 18.7 Å². The van der Waals surface area contributed by atoms with Gasteiger partial charge in [0.1, 0.15) is 11.5 Å². The fraction of sp³-hybridized carbons (Fsp3) is 0.467. The molecule has 100 valence electrons. The molecule has 0 spiro atoms. The topological polar surface area (TPSA) is 53.3 Å². The number of carbonyl (C=O) groups is 1. The molecule has 0 radical (unpaired) electrons. The van der Waals surface area contributed by atoms with Gasteiger partial charge in [0, 0.05) is 37.5 Å². The summed E-state index contributed by atoms with van der Waals surface area (Å²) in [6.45, 7) is 4.25. The molecule has 1 atom stereocenters. The van der Waals surface area contributed by atoms with Crippen molar-refractivity contribution in [3.8, 4) is 11.8 Å². The number of methoxy groups -OCH3 is 1. The summed E-state index contributed by atoms with van der Waals surface area (Å²) in [5.74, 6) is 1.23. The van der Waals surface area contributed by atoms with Crippen molar-refractivity contribution in [1.29, 1.82) is 5.26 Å².